The number of para-hydroxylation sites is 4. The number of ether oxygens (including phenoxy) is 1. The molecule has 5 nitrogen and oxygen atoms in total. The molecule has 402 valence electrons. The van der Waals surface area contributed by atoms with E-state index in [9.17, 15) is 31.5 Å². The predicted octanol–water partition coefficient (Wildman–Crippen LogP) is 15.0. The molecule has 0 bridgehead atoms. The van der Waals surface area contributed by atoms with E-state index in [1.165, 1.54) is 65.4 Å². The van der Waals surface area contributed by atoms with Crippen LogP contribution in [-0.2, 0) is 31.9 Å². The topological polar surface area (TPSA) is 35.9 Å². The molecule has 1 aliphatic carbocycles. The Morgan fingerprint density at radius 1 is 0.585 bits per heavy atom. The Morgan fingerprint density at radius 3 is 1.93 bits per heavy atom. The fraction of sp³-hybridized carbons (Fsp3) is 0.120. The van der Waals surface area contributed by atoms with Crippen molar-refractivity contribution in [1.82, 2.24) is 14.1 Å². The van der Waals surface area contributed by atoms with Gasteiger partial charge in [-0.3, -0.25) is 4.57 Å². The largest absolute Gasteiger partial charge is 0.510 e. The van der Waals surface area contributed by atoms with Gasteiger partial charge in [-0.15, -0.1) is 29.7 Å². The molecule has 0 N–H and O–H groups in total. The molecule has 3 aromatic heterocycles. The van der Waals surface area contributed by atoms with E-state index in [4.69, 9.17) is 29.4 Å². The first-order valence-electron chi connectivity index (χ1n) is 45.2. The molecule has 0 aliphatic heterocycles. The first kappa shape index (κ1) is 24.0. The summed E-state index contributed by atoms with van der Waals surface area (Å²) in [6, 6.07) is 2.28. The van der Waals surface area contributed by atoms with Crippen LogP contribution >= 0.6 is 0 Å². The SMILES string of the molecule is [2H]c1c([2H])c([2H])c([Si](c2c([2H])c([2H])c([2H])c([2H])c2[2H])(c2c([2H])c([2H])c([2H])c([2H])c2[2H])c2c([2H])c([2H])c([2H])c(-c3cccc(-c4c([2H])c([2H])c5c(c4[2H])C(C([2H])([2H])[2H])(C([2H])([2H])[2H])C([2H])([2H])C([2H])([2H])C5(C([2H])([2H])[2H])C([2H])([2H])[2H])c3-[n+]3[c-]n(-c4[c-]c(Oc5[c-]c6c(cc5)c5ccccc5n6-c5cc(C([2H])([2H])[2H])ccn5)ccc4)c4ccccc43)c2[2H])c([2H])c1[2H].[Pt]. The van der Waals surface area contributed by atoms with E-state index in [-0.39, 0.29) is 60.7 Å². The number of benzene rings is 10. The van der Waals surface area contributed by atoms with Crippen molar-refractivity contribution in [1.29, 1.82) is 0 Å². The Kier molecular flexibility index (Phi) is 6.16. The van der Waals surface area contributed by atoms with Gasteiger partial charge in [0, 0.05) is 70.3 Å². The maximum atomic E-state index is 11.0. The van der Waals surface area contributed by atoms with Gasteiger partial charge < -0.3 is 13.9 Å². The smallest absolute Gasteiger partial charge is 0.268 e. The van der Waals surface area contributed by atoms with Crippen molar-refractivity contribution < 1.29 is 86.6 Å². The van der Waals surface area contributed by atoms with Crippen LogP contribution in [-0.4, -0.2) is 22.2 Å². The van der Waals surface area contributed by atoms with Crippen molar-refractivity contribution in [2.75, 3.05) is 0 Å². The molecule has 0 fully saturated rings. The Balaban J connectivity index is 0.0000130. The standard InChI is InChI=1S/C75H60N4OSi.Pt/c1-52-42-45-76-72(46-52)79-68-35-16-15-32-64(68)65-40-39-57(50-71(65)79)80-56-24-20-23-55(49-56)77-51-78(70-37-18-17-36-69(70)77)73-62(33-21-34-63(73)54-38-41-66-67(48-54)75(4,5)44-43-74(66,2)3)53-22-19-31-61(47-53)81(58-25-9-6-10-26-58,59-27-11-7-12-28-59)60-29-13-8-14-30-60;/h6-42,45-48H,43-44H2,1-5H3;/q-2;/i1D3,2D3,3D3,4D3,5D3,6D,7D,8D,9D,10D,11D,12D,13D,14D,19D,22D,25D,26D,27D,28D,29D,30D,31D,38D,41D,43D2,44D2,47D,48D;. The van der Waals surface area contributed by atoms with Crippen LogP contribution in [0.5, 0.6) is 11.5 Å². The number of aryl methyl sites for hydroxylation is 1. The van der Waals surface area contributed by atoms with Gasteiger partial charge in [0.2, 0.25) is 0 Å². The molecule has 13 aromatic rings. The van der Waals surface area contributed by atoms with Crippen LogP contribution in [0.15, 0.2) is 248 Å². The van der Waals surface area contributed by atoms with Gasteiger partial charge in [0.05, 0.1) is 46.9 Å². The average Bonchev–Trinajstić information content (AvgIpc) is 1.11. The summed E-state index contributed by atoms with van der Waals surface area (Å²) in [5.41, 5.74) is -17.2. The molecule has 0 atom stereocenters. The number of hydrogen-bond donors (Lipinski definition) is 0. The molecule has 0 amide bonds. The summed E-state index contributed by atoms with van der Waals surface area (Å²) < 4.78 is 395. The van der Waals surface area contributed by atoms with Crippen molar-refractivity contribution in [3.8, 4) is 50.9 Å². The second kappa shape index (κ2) is 21.0. The van der Waals surface area contributed by atoms with Crippen LogP contribution in [0.4, 0.5) is 0 Å². The normalized spacial score (nSPS) is 22.9. The number of hydrogen-bond acceptors (Lipinski definition) is 2. The predicted molar refractivity (Wildman–Crippen MR) is 334 cm³/mol. The number of aromatic nitrogens is 4. The molecule has 0 saturated carbocycles. The van der Waals surface area contributed by atoms with Crippen molar-refractivity contribution >= 4 is 61.7 Å². The number of nitrogens with zero attached hydrogens (tertiary/aromatic N) is 4. The fourth-order valence-corrected chi connectivity index (χ4v) is 13.8. The van der Waals surface area contributed by atoms with E-state index in [0.717, 1.165) is 22.8 Å². The van der Waals surface area contributed by atoms with Crippen LogP contribution in [0.2, 0.25) is 0 Å². The van der Waals surface area contributed by atoms with Gasteiger partial charge in [0.25, 0.3) is 6.33 Å². The number of pyridine rings is 1. The second-order valence-corrected chi connectivity index (χ2v) is 22.1. The monoisotopic (exact) mass is 1300 g/mol. The number of fused-ring (bicyclic) bond motifs is 5. The summed E-state index contributed by atoms with van der Waals surface area (Å²) in [7, 11) is -6.72. The van der Waals surface area contributed by atoms with E-state index in [0.29, 0.717) is 21.8 Å². The number of imidazole rings is 1. The third-order valence-corrected chi connectivity index (χ3v) is 17.7. The Bertz CT molecular complexity index is 6400. The maximum Gasteiger partial charge on any atom is 0.268 e. The molecule has 14 rings (SSSR count). The number of rotatable bonds is 11. The van der Waals surface area contributed by atoms with E-state index in [1.807, 2.05) is 6.07 Å². The van der Waals surface area contributed by atoms with Crippen LogP contribution in [0.1, 0.15) is 113 Å². The van der Waals surface area contributed by atoms with Gasteiger partial charge >= 0.3 is 0 Å². The average molecular weight is 1300 g/mol. The molecule has 3 heterocycles. The minimum atomic E-state index is -6.72. The fourth-order valence-electron chi connectivity index (χ4n) is 10.2. The first-order chi connectivity index (χ1) is 56.5. The van der Waals surface area contributed by atoms with Crippen molar-refractivity contribution in [2.45, 2.75) is 57.8 Å². The van der Waals surface area contributed by atoms with Gasteiger partial charge in [-0.05, 0) is 119 Å². The van der Waals surface area contributed by atoms with E-state index in [2.05, 4.69) is 23.4 Å². The minimum absolute atomic E-state index is 0. The molecule has 1 aliphatic rings. The van der Waals surface area contributed by atoms with E-state index < -0.39 is 259 Å². The van der Waals surface area contributed by atoms with Gasteiger partial charge in [-0.1, -0.05) is 227 Å². The molecule has 7 heteroatoms. The second-order valence-electron chi connectivity index (χ2n) is 18.6. The van der Waals surface area contributed by atoms with Gasteiger partial charge in [0.1, 0.15) is 5.82 Å². The van der Waals surface area contributed by atoms with Gasteiger partial charge in [0.15, 0.2) is 8.07 Å². The molecular weight excluding hydrogens is 1200 g/mol. The summed E-state index contributed by atoms with van der Waals surface area (Å²) in [6.07, 6.45) is -5.21. The molecule has 10 aromatic carbocycles. The van der Waals surface area contributed by atoms with Crippen molar-refractivity contribution in [3.63, 3.8) is 0 Å². The zero-order valence-electron chi connectivity index (χ0n) is 83.0. The van der Waals surface area contributed by atoms with Crippen molar-refractivity contribution in [2.24, 2.45) is 0 Å². The third-order valence-electron chi connectivity index (χ3n) is 13.7. The summed E-state index contributed by atoms with van der Waals surface area (Å²) in [6.45, 7) is -20.8. The molecule has 0 radical (unpaired) electrons. The summed E-state index contributed by atoms with van der Waals surface area (Å²) >= 11 is 0. The summed E-state index contributed by atoms with van der Waals surface area (Å²) in [4.78, 5) is 4.52. The third kappa shape index (κ3) is 8.97. The van der Waals surface area contributed by atoms with Gasteiger partial charge in [-0.25, -0.2) is 4.98 Å². The Labute approximate surface area is 553 Å². The summed E-state index contributed by atoms with van der Waals surface area (Å²) in [5, 5.41) is -3.76. The summed E-state index contributed by atoms with van der Waals surface area (Å²) in [5.74, 6) is 0.165. The van der Waals surface area contributed by atoms with Gasteiger partial charge in [-0.2, -0.15) is 18.2 Å². The van der Waals surface area contributed by atoms with Crippen molar-refractivity contribution in [3.05, 3.63) is 283 Å². The molecule has 82 heavy (non-hydrogen) atoms. The van der Waals surface area contributed by atoms with Crippen LogP contribution in [0, 0.1) is 25.3 Å². The molecule has 0 unspecified atom stereocenters. The molecular formula is C75H60N4OPtSi-2. The minimum Gasteiger partial charge on any atom is -0.510 e. The van der Waals surface area contributed by atoms with E-state index in [1.54, 1.807) is 34.9 Å². The van der Waals surface area contributed by atoms with Crippen LogP contribution in [0.3, 0.4) is 0 Å². The van der Waals surface area contributed by atoms with Crippen LogP contribution in [0.25, 0.3) is 72.3 Å². The molecule has 0 spiro atoms. The Morgan fingerprint density at radius 2 is 1.22 bits per heavy atom. The van der Waals surface area contributed by atoms with E-state index >= 15 is 0 Å². The Hall–Kier alpha value is -8.67. The van der Waals surface area contributed by atoms with Crippen LogP contribution < -0.4 is 30.1 Å². The molecule has 0 saturated heterocycles. The zero-order valence-corrected chi connectivity index (χ0v) is 45.3. The first-order valence-corrected chi connectivity index (χ1v) is 26.7. The quantitative estimate of drug-likeness (QED) is 0.0560. The maximum absolute atomic E-state index is 11.0. The zero-order chi connectivity index (χ0) is 90.1.